The number of carbonyl (C=O) groups is 1. The first kappa shape index (κ1) is 17.7. The van der Waals surface area contributed by atoms with Gasteiger partial charge in [-0.3, -0.25) is 4.79 Å². The molecular formula is C19H20FN5O. The fourth-order valence-electron chi connectivity index (χ4n) is 2.43. The molecule has 0 saturated heterocycles. The van der Waals surface area contributed by atoms with E-state index in [2.05, 4.69) is 34.6 Å². The van der Waals surface area contributed by atoms with Crippen LogP contribution in [0, 0.1) is 5.82 Å². The van der Waals surface area contributed by atoms with Gasteiger partial charge in [0.2, 0.25) is 11.7 Å². The van der Waals surface area contributed by atoms with E-state index in [4.69, 9.17) is 0 Å². The molecule has 134 valence electrons. The van der Waals surface area contributed by atoms with E-state index in [1.807, 2.05) is 24.3 Å². The zero-order chi connectivity index (χ0) is 18.5. The zero-order valence-corrected chi connectivity index (χ0v) is 14.7. The van der Waals surface area contributed by atoms with Gasteiger partial charge in [-0.25, -0.2) is 4.39 Å². The van der Waals surface area contributed by atoms with Gasteiger partial charge in [0.25, 0.3) is 0 Å². The van der Waals surface area contributed by atoms with Crippen LogP contribution in [-0.4, -0.2) is 26.1 Å². The Kier molecular flexibility index (Phi) is 5.36. The van der Waals surface area contributed by atoms with Gasteiger partial charge in [0.05, 0.1) is 0 Å². The van der Waals surface area contributed by atoms with Crippen molar-refractivity contribution in [1.82, 2.24) is 25.5 Å². The van der Waals surface area contributed by atoms with E-state index in [0.29, 0.717) is 18.3 Å². The van der Waals surface area contributed by atoms with Crippen molar-refractivity contribution < 1.29 is 9.18 Å². The highest BCUT2D eigenvalue weighted by atomic mass is 19.1. The summed E-state index contributed by atoms with van der Waals surface area (Å²) in [5.74, 6) is 0.387. The molecule has 1 amide bonds. The molecule has 0 fully saturated rings. The molecule has 0 saturated carbocycles. The van der Waals surface area contributed by atoms with Crippen LogP contribution in [0.2, 0.25) is 0 Å². The van der Waals surface area contributed by atoms with E-state index in [1.54, 1.807) is 12.1 Å². The average molecular weight is 353 g/mol. The van der Waals surface area contributed by atoms with Gasteiger partial charge in [0.1, 0.15) is 12.4 Å². The highest BCUT2D eigenvalue weighted by Crippen LogP contribution is 2.19. The number of hydrogen-bond acceptors (Lipinski definition) is 4. The fraction of sp³-hybridized carbons (Fsp3) is 0.263. The molecular weight excluding hydrogens is 333 g/mol. The predicted octanol–water partition coefficient (Wildman–Crippen LogP) is 2.92. The van der Waals surface area contributed by atoms with E-state index in [1.165, 1.54) is 22.5 Å². The van der Waals surface area contributed by atoms with E-state index in [9.17, 15) is 9.18 Å². The Hall–Kier alpha value is -3.09. The molecule has 0 unspecified atom stereocenters. The number of tetrazole rings is 1. The number of hydrogen-bond donors (Lipinski definition) is 1. The minimum absolute atomic E-state index is 0.0295. The first-order valence-corrected chi connectivity index (χ1v) is 8.40. The maximum atomic E-state index is 12.9. The molecule has 0 spiro atoms. The summed E-state index contributed by atoms with van der Waals surface area (Å²) in [6.45, 7) is 4.55. The Morgan fingerprint density at radius 3 is 2.46 bits per heavy atom. The van der Waals surface area contributed by atoms with Gasteiger partial charge in [-0.15, -0.1) is 10.2 Å². The molecule has 1 aromatic heterocycles. The van der Waals surface area contributed by atoms with Gasteiger partial charge in [0, 0.05) is 12.1 Å². The lowest BCUT2D eigenvalue weighted by atomic mass is 10.0. The Balaban J connectivity index is 1.57. The van der Waals surface area contributed by atoms with Crippen LogP contribution in [0.25, 0.3) is 11.4 Å². The quantitative estimate of drug-likeness (QED) is 0.739. The smallest absolute Gasteiger partial charge is 0.243 e. The topological polar surface area (TPSA) is 72.7 Å². The molecule has 2 aromatic carbocycles. The molecule has 0 aliphatic heterocycles. The van der Waals surface area contributed by atoms with Crippen LogP contribution in [0.5, 0.6) is 0 Å². The lowest BCUT2D eigenvalue weighted by Gasteiger charge is -2.05. The van der Waals surface area contributed by atoms with E-state index in [-0.39, 0.29) is 18.3 Å². The first-order chi connectivity index (χ1) is 12.5. The number of benzene rings is 2. The van der Waals surface area contributed by atoms with Crippen LogP contribution in [0.4, 0.5) is 4.39 Å². The van der Waals surface area contributed by atoms with Gasteiger partial charge in [-0.2, -0.15) is 4.80 Å². The van der Waals surface area contributed by atoms with Crippen LogP contribution in [-0.2, 0) is 17.9 Å². The molecule has 6 nitrogen and oxygen atoms in total. The molecule has 0 atom stereocenters. The molecule has 7 heteroatoms. The van der Waals surface area contributed by atoms with Gasteiger partial charge in [0.15, 0.2) is 0 Å². The van der Waals surface area contributed by atoms with Crippen molar-refractivity contribution in [3.63, 3.8) is 0 Å². The average Bonchev–Trinajstić information content (AvgIpc) is 3.10. The standard InChI is InChI=1S/C19H20FN5O/c1-13(2)15-5-7-16(8-6-15)19-22-24-25(23-19)12-18(26)21-11-14-3-9-17(20)10-4-14/h3-10,13H,11-12H2,1-2H3,(H,21,26). The first-order valence-electron chi connectivity index (χ1n) is 8.40. The number of nitrogens with zero attached hydrogens (tertiary/aromatic N) is 4. The van der Waals surface area contributed by atoms with Crippen LogP contribution in [0.3, 0.4) is 0 Å². The van der Waals surface area contributed by atoms with Crippen molar-refractivity contribution in [2.75, 3.05) is 0 Å². The molecule has 0 radical (unpaired) electrons. The van der Waals surface area contributed by atoms with Gasteiger partial charge in [-0.05, 0) is 34.4 Å². The summed E-state index contributed by atoms with van der Waals surface area (Å²) in [5.41, 5.74) is 2.91. The lowest BCUT2D eigenvalue weighted by molar-refractivity contribution is -0.122. The van der Waals surface area contributed by atoms with Crippen LogP contribution in [0.15, 0.2) is 48.5 Å². The largest absolute Gasteiger partial charge is 0.350 e. The number of nitrogens with one attached hydrogen (secondary N) is 1. The maximum Gasteiger partial charge on any atom is 0.243 e. The van der Waals surface area contributed by atoms with Crippen LogP contribution < -0.4 is 5.32 Å². The summed E-state index contributed by atoms with van der Waals surface area (Å²) in [6.07, 6.45) is 0. The van der Waals surface area contributed by atoms with Crippen molar-refractivity contribution in [2.24, 2.45) is 0 Å². The molecule has 1 N–H and O–H groups in total. The number of amides is 1. The summed E-state index contributed by atoms with van der Waals surface area (Å²) in [6, 6.07) is 13.9. The second-order valence-electron chi connectivity index (χ2n) is 6.32. The third-order valence-corrected chi connectivity index (χ3v) is 3.98. The third kappa shape index (κ3) is 4.50. The Labute approximate surface area is 151 Å². The summed E-state index contributed by atoms with van der Waals surface area (Å²) in [5, 5.41) is 14.9. The highest BCUT2D eigenvalue weighted by molar-refractivity contribution is 5.75. The second kappa shape index (κ2) is 7.86. The fourth-order valence-corrected chi connectivity index (χ4v) is 2.43. The van der Waals surface area contributed by atoms with Crippen LogP contribution in [0.1, 0.15) is 30.9 Å². The minimum atomic E-state index is -0.305. The minimum Gasteiger partial charge on any atom is -0.350 e. The van der Waals surface area contributed by atoms with Crippen molar-refractivity contribution in [2.45, 2.75) is 32.9 Å². The van der Waals surface area contributed by atoms with Crippen molar-refractivity contribution in [3.8, 4) is 11.4 Å². The van der Waals surface area contributed by atoms with Gasteiger partial charge >= 0.3 is 0 Å². The van der Waals surface area contributed by atoms with Crippen molar-refractivity contribution >= 4 is 5.91 Å². The summed E-state index contributed by atoms with van der Waals surface area (Å²) >= 11 is 0. The molecule has 0 aliphatic rings. The molecule has 26 heavy (non-hydrogen) atoms. The molecule has 1 heterocycles. The number of aromatic nitrogens is 4. The normalized spacial score (nSPS) is 10.9. The zero-order valence-electron chi connectivity index (χ0n) is 14.7. The molecule has 3 rings (SSSR count). The highest BCUT2D eigenvalue weighted by Gasteiger charge is 2.10. The van der Waals surface area contributed by atoms with E-state index in [0.717, 1.165) is 11.1 Å². The summed E-state index contributed by atoms with van der Waals surface area (Å²) < 4.78 is 12.9. The van der Waals surface area contributed by atoms with Crippen LogP contribution >= 0.6 is 0 Å². The van der Waals surface area contributed by atoms with E-state index < -0.39 is 0 Å². The molecule has 0 aliphatic carbocycles. The Morgan fingerprint density at radius 2 is 1.81 bits per heavy atom. The van der Waals surface area contributed by atoms with E-state index >= 15 is 0 Å². The predicted molar refractivity (Wildman–Crippen MR) is 95.6 cm³/mol. The van der Waals surface area contributed by atoms with Crippen molar-refractivity contribution in [1.29, 1.82) is 0 Å². The number of carbonyl (C=O) groups excluding carboxylic acids is 1. The monoisotopic (exact) mass is 353 g/mol. The Bertz CT molecular complexity index is 872. The summed E-state index contributed by atoms with van der Waals surface area (Å²) in [7, 11) is 0. The molecule has 3 aromatic rings. The third-order valence-electron chi connectivity index (χ3n) is 3.98. The van der Waals surface area contributed by atoms with Gasteiger partial charge < -0.3 is 5.32 Å². The molecule has 0 bridgehead atoms. The Morgan fingerprint density at radius 1 is 1.12 bits per heavy atom. The second-order valence-corrected chi connectivity index (χ2v) is 6.32. The lowest BCUT2D eigenvalue weighted by Crippen LogP contribution is -2.28. The number of rotatable bonds is 6. The van der Waals surface area contributed by atoms with Gasteiger partial charge in [-0.1, -0.05) is 50.2 Å². The maximum absolute atomic E-state index is 12.9. The van der Waals surface area contributed by atoms with Crippen molar-refractivity contribution in [3.05, 3.63) is 65.5 Å². The number of halogens is 1. The summed E-state index contributed by atoms with van der Waals surface area (Å²) in [4.78, 5) is 13.3. The SMILES string of the molecule is CC(C)c1ccc(-c2nnn(CC(=O)NCc3ccc(F)cc3)n2)cc1.